The molecule has 0 rings (SSSR count). The molecule has 25 heavy (non-hydrogen) atoms. The van der Waals surface area contributed by atoms with E-state index in [0.717, 1.165) is 35.5 Å². The van der Waals surface area contributed by atoms with Crippen molar-refractivity contribution in [2.24, 2.45) is 35.5 Å². The molecule has 0 nitrogen and oxygen atoms in total. The smallest absolute Gasteiger partial charge is 0.0908 e. The summed E-state index contributed by atoms with van der Waals surface area (Å²) < 4.78 is 0. The zero-order valence-electron chi connectivity index (χ0n) is 19.4. The fraction of sp³-hybridized carbons (Fsp3) is 1.00. The maximum absolute atomic E-state index is 2.51. The van der Waals surface area contributed by atoms with Gasteiger partial charge >= 0.3 is 0 Å². The summed E-state index contributed by atoms with van der Waals surface area (Å²) in [6.07, 6.45) is 8.30. The van der Waals surface area contributed by atoms with Crippen LogP contribution in [0.1, 0.15) is 101 Å². The fourth-order valence-corrected chi connectivity index (χ4v) is 10.5. The Morgan fingerprint density at radius 3 is 0.840 bits per heavy atom. The second kappa shape index (κ2) is 14.6. The Kier molecular flexibility index (Phi) is 14.9. The molecule has 0 aliphatic carbocycles. The van der Waals surface area contributed by atoms with Crippen LogP contribution in [0.5, 0.6) is 0 Å². The Balaban J connectivity index is 5.19. The Morgan fingerprint density at radius 2 is 0.680 bits per heavy atom. The Hall–Kier alpha value is 0.532. The van der Waals surface area contributed by atoms with E-state index in [-0.39, 0.29) is 0 Å². The normalized spacial score (nSPS) is 19.1. The van der Waals surface area contributed by atoms with E-state index in [1.54, 1.807) is 15.8 Å². The Labute approximate surface area is 166 Å². The molecule has 0 aromatic heterocycles. The van der Waals surface area contributed by atoms with Gasteiger partial charge in [0.05, 0.1) is 0 Å². The summed E-state index contributed by atoms with van der Waals surface area (Å²) in [5.41, 5.74) is 0. The van der Waals surface area contributed by atoms with Crippen molar-refractivity contribution in [3.63, 3.8) is 0 Å². The van der Waals surface area contributed by atoms with Crippen LogP contribution in [0, 0.1) is 35.5 Å². The lowest BCUT2D eigenvalue weighted by Crippen LogP contribution is -2.29. The van der Waals surface area contributed by atoms with Gasteiger partial charge in [0.2, 0.25) is 0 Å². The lowest BCUT2D eigenvalue weighted by atomic mass is 9.90. The van der Waals surface area contributed by atoms with Crippen LogP contribution < -0.4 is 0 Å². The lowest BCUT2D eigenvalue weighted by molar-refractivity contribution is 0.338. The van der Waals surface area contributed by atoms with Crippen LogP contribution in [0.3, 0.4) is 0 Å². The van der Waals surface area contributed by atoms with Crippen LogP contribution in [0.25, 0.3) is 0 Å². The molecule has 0 saturated carbocycles. The molecule has 0 spiro atoms. The fourth-order valence-electron chi connectivity index (χ4n) is 4.98. The molecule has 0 heterocycles. The van der Waals surface area contributed by atoms with Gasteiger partial charge in [0.15, 0.2) is 0 Å². The molecule has 0 aromatic carbocycles. The summed E-state index contributed by atoms with van der Waals surface area (Å²) in [5.74, 6) is 5.74. The molecule has 0 radical (unpaired) electrons. The van der Waals surface area contributed by atoms with Crippen LogP contribution >= 0.6 is 0 Å². The van der Waals surface area contributed by atoms with Crippen LogP contribution in [0.15, 0.2) is 0 Å². The zero-order valence-corrected chi connectivity index (χ0v) is 20.6. The molecule has 1 heteroatoms. The minimum Gasteiger partial charge on any atom is -0.0908 e. The largest absolute Gasteiger partial charge is 0.262 e. The van der Waals surface area contributed by atoms with Gasteiger partial charge in [-0.2, -0.15) is 0 Å². The second-order valence-corrected chi connectivity index (χ2v) is 12.4. The summed E-state index contributed by atoms with van der Waals surface area (Å²) in [6.45, 7) is 22.1. The van der Waals surface area contributed by atoms with E-state index in [1.807, 2.05) is 0 Å². The number of hydrogen-bond acceptors (Lipinski definition) is 0. The highest BCUT2D eigenvalue weighted by atomic mass is 27.2. The standard InChI is InChI=1S/3C8H17.Al/c3*1-5-7(3)8(4)6-2;/h3*7-8H,3,5-6H2,1-2,4H3;. The molecular formula is C24H51Al. The van der Waals surface area contributed by atoms with Gasteiger partial charge in [0, 0.05) is 0 Å². The Bertz CT molecular complexity index is 253. The minimum atomic E-state index is -0.671. The average Bonchev–Trinajstić information content (AvgIpc) is 2.65. The van der Waals surface area contributed by atoms with Crippen molar-refractivity contribution < 1.29 is 0 Å². The van der Waals surface area contributed by atoms with Crippen LogP contribution in [0.2, 0.25) is 15.8 Å². The van der Waals surface area contributed by atoms with Gasteiger partial charge in [-0.3, -0.25) is 0 Å². The van der Waals surface area contributed by atoms with Crippen molar-refractivity contribution in [2.45, 2.75) is 117 Å². The molecule has 0 N–H and O–H groups in total. The van der Waals surface area contributed by atoms with Crippen molar-refractivity contribution in [3.8, 4) is 0 Å². The van der Waals surface area contributed by atoms with E-state index in [0.29, 0.717) is 0 Å². The third-order valence-corrected chi connectivity index (χ3v) is 11.6. The molecular weight excluding hydrogens is 315 g/mol. The van der Waals surface area contributed by atoms with Crippen LogP contribution in [-0.4, -0.2) is 14.1 Å². The third-order valence-electron chi connectivity index (χ3n) is 7.83. The monoisotopic (exact) mass is 366 g/mol. The van der Waals surface area contributed by atoms with Gasteiger partial charge in [-0.15, -0.1) is 0 Å². The van der Waals surface area contributed by atoms with E-state index in [1.165, 1.54) is 38.5 Å². The molecule has 0 amide bonds. The van der Waals surface area contributed by atoms with Gasteiger partial charge in [0.1, 0.15) is 0 Å². The van der Waals surface area contributed by atoms with Gasteiger partial charge in [-0.1, -0.05) is 134 Å². The van der Waals surface area contributed by atoms with Crippen LogP contribution in [0.4, 0.5) is 0 Å². The van der Waals surface area contributed by atoms with Gasteiger partial charge in [0.25, 0.3) is 14.1 Å². The first kappa shape index (κ1) is 25.5. The van der Waals surface area contributed by atoms with Crippen molar-refractivity contribution in [2.75, 3.05) is 0 Å². The van der Waals surface area contributed by atoms with Gasteiger partial charge in [-0.05, 0) is 17.8 Å². The summed E-state index contributed by atoms with van der Waals surface area (Å²) in [7, 11) is 0. The topological polar surface area (TPSA) is 0 Å². The molecule has 0 bridgehead atoms. The predicted molar refractivity (Wildman–Crippen MR) is 120 cm³/mol. The lowest BCUT2D eigenvalue weighted by Gasteiger charge is -2.32. The molecule has 0 aliphatic heterocycles. The van der Waals surface area contributed by atoms with E-state index in [9.17, 15) is 0 Å². The van der Waals surface area contributed by atoms with Gasteiger partial charge in [-0.25, -0.2) is 0 Å². The second-order valence-electron chi connectivity index (χ2n) is 9.23. The maximum atomic E-state index is 2.51. The van der Waals surface area contributed by atoms with Crippen molar-refractivity contribution in [1.82, 2.24) is 0 Å². The highest BCUT2D eigenvalue weighted by Gasteiger charge is 2.31. The number of hydrogen-bond donors (Lipinski definition) is 0. The van der Waals surface area contributed by atoms with E-state index in [4.69, 9.17) is 0 Å². The van der Waals surface area contributed by atoms with Crippen molar-refractivity contribution >= 4 is 14.1 Å². The van der Waals surface area contributed by atoms with E-state index < -0.39 is 14.1 Å². The molecule has 6 atom stereocenters. The quantitative estimate of drug-likeness (QED) is 0.254. The third kappa shape index (κ3) is 9.33. The summed E-state index contributed by atoms with van der Waals surface area (Å²) >= 11 is -0.671. The van der Waals surface area contributed by atoms with Crippen molar-refractivity contribution in [1.29, 1.82) is 0 Å². The molecule has 6 unspecified atom stereocenters. The van der Waals surface area contributed by atoms with Crippen molar-refractivity contribution in [3.05, 3.63) is 0 Å². The molecule has 150 valence electrons. The molecule has 0 aliphatic rings. The van der Waals surface area contributed by atoms with E-state index >= 15 is 0 Å². The zero-order chi connectivity index (χ0) is 19.4. The summed E-state index contributed by atoms with van der Waals surface area (Å²) in [4.78, 5) is 0. The molecule has 0 aromatic rings. The van der Waals surface area contributed by atoms with Crippen LogP contribution in [-0.2, 0) is 0 Å². The average molecular weight is 367 g/mol. The van der Waals surface area contributed by atoms with Gasteiger partial charge < -0.3 is 0 Å². The molecule has 0 fully saturated rings. The van der Waals surface area contributed by atoms with E-state index in [2.05, 4.69) is 62.3 Å². The first-order chi connectivity index (χ1) is 11.9. The SMILES string of the molecule is CCC(C)C(CC)[CH2][Al]([CH2]C(CC)C(C)CC)[CH2]C(CC)C(C)CC. The molecule has 0 saturated heterocycles. The number of rotatable bonds is 15. The predicted octanol–water partition coefficient (Wildman–Crippen LogP) is 8.70. The Morgan fingerprint density at radius 1 is 0.440 bits per heavy atom. The summed E-state index contributed by atoms with van der Waals surface area (Å²) in [6, 6.07) is 0. The first-order valence-electron chi connectivity index (χ1n) is 11.9. The summed E-state index contributed by atoms with van der Waals surface area (Å²) in [5, 5.41) is 4.85. The minimum absolute atomic E-state index is 0.671. The maximum Gasteiger partial charge on any atom is 0.262 e. The first-order valence-corrected chi connectivity index (χ1v) is 14.3. The highest BCUT2D eigenvalue weighted by Crippen LogP contribution is 2.35. The highest BCUT2D eigenvalue weighted by molar-refractivity contribution is 6.59.